The number of rotatable bonds is 76. The van der Waals surface area contributed by atoms with E-state index in [0.29, 0.717) is 31.6 Å². The van der Waals surface area contributed by atoms with Crippen LogP contribution in [0.1, 0.15) is 402 Å². The Morgan fingerprint density at radius 1 is 0.255 bits per heavy atom. The molecule has 0 aliphatic rings. The zero-order valence-electron chi connectivity index (χ0n) is 64.4. The van der Waals surface area contributed by atoms with Gasteiger partial charge in [-0.3, -0.25) is 37.3 Å². The molecule has 0 bridgehead atoms. The van der Waals surface area contributed by atoms with Crippen LogP contribution in [0.15, 0.2) is 0 Å². The predicted molar refractivity (Wildman–Crippen MR) is 400 cm³/mol. The van der Waals surface area contributed by atoms with Gasteiger partial charge >= 0.3 is 39.5 Å². The molecule has 0 fully saturated rings. The number of ether oxygens (including phenoxy) is 4. The minimum atomic E-state index is -4.96. The Morgan fingerprint density at radius 3 is 0.633 bits per heavy atom. The second kappa shape index (κ2) is 68.2. The number of hydrogen-bond acceptors (Lipinski definition) is 15. The fraction of sp³-hybridized carbons (Fsp3) is 0.949. The van der Waals surface area contributed by atoms with Crippen molar-refractivity contribution in [1.82, 2.24) is 0 Å². The smallest absolute Gasteiger partial charge is 0.462 e. The molecule has 0 aromatic rings. The topological polar surface area (TPSA) is 237 Å². The first-order chi connectivity index (χ1) is 47.1. The van der Waals surface area contributed by atoms with E-state index in [1.54, 1.807) is 0 Å². The second-order valence-electron chi connectivity index (χ2n) is 30.4. The number of carbonyl (C=O) groups is 4. The van der Waals surface area contributed by atoms with E-state index >= 15 is 0 Å². The van der Waals surface area contributed by atoms with Gasteiger partial charge in [-0.05, 0) is 49.4 Å². The predicted octanol–water partition coefficient (Wildman–Crippen LogP) is 23.2. The maximum Gasteiger partial charge on any atom is 0.472 e. The zero-order valence-corrected chi connectivity index (χ0v) is 66.2. The molecule has 0 saturated carbocycles. The van der Waals surface area contributed by atoms with Crippen molar-refractivity contribution in [2.75, 3.05) is 39.6 Å². The SMILES string of the molecule is CC(C)CCCCCCCCCCCCCCCCCCC(=O)O[C@H](COC(=O)CCCCCCCCCC(C)C)COP(=O)(O)OCC(O)COP(=O)(O)OC[C@@H](COC(=O)CCCCCCCCCCCCCC(C)C)OC(=O)CCCCCCCCCCCCCCC(C)C. The Labute approximate surface area is 600 Å². The molecule has 3 unspecified atom stereocenters. The molecule has 0 aromatic heterocycles. The summed E-state index contributed by atoms with van der Waals surface area (Å²) in [6, 6.07) is 0. The first-order valence-electron chi connectivity index (χ1n) is 40.7. The molecule has 17 nitrogen and oxygen atoms in total. The van der Waals surface area contributed by atoms with Crippen LogP contribution in [0, 0.1) is 23.7 Å². The lowest BCUT2D eigenvalue weighted by Gasteiger charge is -2.21. The van der Waals surface area contributed by atoms with Gasteiger partial charge in [-0.1, -0.05) is 351 Å². The summed E-state index contributed by atoms with van der Waals surface area (Å²) in [6.07, 6.45) is 54.2. The minimum Gasteiger partial charge on any atom is -0.462 e. The minimum absolute atomic E-state index is 0.106. The number of esters is 4. The van der Waals surface area contributed by atoms with E-state index in [1.807, 2.05) is 0 Å². The van der Waals surface area contributed by atoms with E-state index in [1.165, 1.54) is 199 Å². The molecule has 0 aromatic carbocycles. The second-order valence-corrected chi connectivity index (χ2v) is 33.3. The van der Waals surface area contributed by atoms with Crippen molar-refractivity contribution < 1.29 is 80.2 Å². The summed E-state index contributed by atoms with van der Waals surface area (Å²) in [6.45, 7) is 14.2. The zero-order chi connectivity index (χ0) is 72.4. The molecule has 0 heterocycles. The van der Waals surface area contributed by atoms with Gasteiger partial charge < -0.3 is 33.8 Å². The molecular formula is C79H154O17P2. The number of aliphatic hydroxyl groups excluding tert-OH is 1. The molecule has 0 rings (SSSR count). The third-order valence-corrected chi connectivity index (χ3v) is 20.2. The molecule has 0 radical (unpaired) electrons. The van der Waals surface area contributed by atoms with E-state index in [0.717, 1.165) is 114 Å². The standard InChI is InChI=1S/C79H154O17P2/c1-69(2)55-47-39-31-24-18-13-11-9-10-12-14-21-28-36-45-53-61-78(83)96-75(66-90-77(82)60-52-44-38-30-34-42-50-58-72(7)8)68-94-98(87,88)92-64-73(80)63-91-97(85,86)93-67-74(65-89-76(81)59-51-43-35-27-23-17-20-26-33-41-49-57-71(5)6)95-79(84)62-54-46-37-29-22-16-15-19-25-32-40-48-56-70(3)4/h69-75,80H,9-68H2,1-8H3,(H,85,86)(H,87,88)/t73?,74-,75-/m1/s1. The molecule has 0 spiro atoms. The third kappa shape index (κ3) is 72.4. The van der Waals surface area contributed by atoms with Crippen LogP contribution in [0.25, 0.3) is 0 Å². The molecule has 0 aliphatic heterocycles. The van der Waals surface area contributed by atoms with Crippen molar-refractivity contribution in [2.45, 2.75) is 420 Å². The molecule has 0 amide bonds. The lowest BCUT2D eigenvalue weighted by molar-refractivity contribution is -0.161. The van der Waals surface area contributed by atoms with Gasteiger partial charge in [-0.2, -0.15) is 0 Å². The van der Waals surface area contributed by atoms with Crippen LogP contribution < -0.4 is 0 Å². The van der Waals surface area contributed by atoms with Gasteiger partial charge in [0.2, 0.25) is 0 Å². The van der Waals surface area contributed by atoms with Crippen molar-refractivity contribution in [3.63, 3.8) is 0 Å². The number of carbonyl (C=O) groups excluding carboxylic acids is 4. The third-order valence-electron chi connectivity index (χ3n) is 18.3. The molecule has 3 N–H and O–H groups in total. The molecule has 0 aliphatic carbocycles. The Balaban J connectivity index is 5.23. The van der Waals surface area contributed by atoms with Crippen molar-refractivity contribution in [2.24, 2.45) is 23.7 Å². The molecule has 98 heavy (non-hydrogen) atoms. The van der Waals surface area contributed by atoms with Crippen LogP contribution in [0.5, 0.6) is 0 Å². The maximum absolute atomic E-state index is 13.1. The van der Waals surface area contributed by atoms with Crippen LogP contribution in [-0.4, -0.2) is 96.7 Å². The van der Waals surface area contributed by atoms with Crippen LogP contribution in [0.2, 0.25) is 0 Å². The summed E-state index contributed by atoms with van der Waals surface area (Å²) in [4.78, 5) is 72.9. The number of hydrogen-bond donors (Lipinski definition) is 3. The van der Waals surface area contributed by atoms with Gasteiger partial charge in [-0.25, -0.2) is 9.13 Å². The van der Waals surface area contributed by atoms with E-state index in [-0.39, 0.29) is 25.7 Å². The molecular weight excluding hydrogens is 1280 g/mol. The average Bonchev–Trinajstić information content (AvgIpc) is 1.93. The summed E-state index contributed by atoms with van der Waals surface area (Å²) in [5.74, 6) is 0.945. The molecule has 0 saturated heterocycles. The Hall–Kier alpha value is -1.94. The van der Waals surface area contributed by atoms with Crippen molar-refractivity contribution in [3.05, 3.63) is 0 Å². The number of unbranched alkanes of at least 4 members (excludes halogenated alkanes) is 42. The highest BCUT2D eigenvalue weighted by Crippen LogP contribution is 2.45. The lowest BCUT2D eigenvalue weighted by atomic mass is 10.0. The molecule has 5 atom stereocenters. The Kier molecular flexibility index (Phi) is 66.8. The van der Waals surface area contributed by atoms with Crippen LogP contribution in [0.4, 0.5) is 0 Å². The van der Waals surface area contributed by atoms with Gasteiger partial charge in [0, 0.05) is 25.7 Å². The van der Waals surface area contributed by atoms with Gasteiger partial charge in [0.1, 0.15) is 19.3 Å². The van der Waals surface area contributed by atoms with Gasteiger partial charge in [0.15, 0.2) is 12.2 Å². The van der Waals surface area contributed by atoms with Crippen molar-refractivity contribution in [3.8, 4) is 0 Å². The normalized spacial score (nSPS) is 14.1. The Bertz CT molecular complexity index is 1920. The van der Waals surface area contributed by atoms with E-state index in [4.69, 9.17) is 37.0 Å². The van der Waals surface area contributed by atoms with Crippen LogP contribution >= 0.6 is 15.6 Å². The van der Waals surface area contributed by atoms with Gasteiger partial charge in [0.25, 0.3) is 0 Å². The van der Waals surface area contributed by atoms with Gasteiger partial charge in [-0.15, -0.1) is 0 Å². The molecule has 582 valence electrons. The quantitative estimate of drug-likeness (QED) is 0.0222. The first kappa shape index (κ1) is 96.1. The summed E-state index contributed by atoms with van der Waals surface area (Å²) in [5.41, 5.74) is 0. The highest BCUT2D eigenvalue weighted by atomic mass is 31.2. The summed E-state index contributed by atoms with van der Waals surface area (Å²) in [5, 5.41) is 10.6. The monoisotopic (exact) mass is 1440 g/mol. The van der Waals surface area contributed by atoms with Gasteiger partial charge in [0.05, 0.1) is 26.4 Å². The first-order valence-corrected chi connectivity index (χ1v) is 43.7. The van der Waals surface area contributed by atoms with Crippen LogP contribution in [0.3, 0.4) is 0 Å². The fourth-order valence-electron chi connectivity index (χ4n) is 12.1. The summed E-state index contributed by atoms with van der Waals surface area (Å²) < 4.78 is 68.6. The number of aliphatic hydroxyl groups is 1. The lowest BCUT2D eigenvalue weighted by Crippen LogP contribution is -2.30. The average molecular weight is 1440 g/mol. The van der Waals surface area contributed by atoms with E-state index in [2.05, 4.69) is 55.4 Å². The largest absolute Gasteiger partial charge is 0.472 e. The highest BCUT2D eigenvalue weighted by Gasteiger charge is 2.30. The summed E-state index contributed by atoms with van der Waals surface area (Å²) >= 11 is 0. The number of phosphoric acid groups is 2. The van der Waals surface area contributed by atoms with Crippen molar-refractivity contribution in [1.29, 1.82) is 0 Å². The highest BCUT2D eigenvalue weighted by molar-refractivity contribution is 7.47. The maximum atomic E-state index is 13.1. The number of phosphoric ester groups is 2. The fourth-order valence-corrected chi connectivity index (χ4v) is 13.7. The Morgan fingerprint density at radius 2 is 0.429 bits per heavy atom. The summed E-state index contributed by atoms with van der Waals surface area (Å²) in [7, 11) is -9.92. The van der Waals surface area contributed by atoms with Crippen LogP contribution in [-0.2, 0) is 65.4 Å². The van der Waals surface area contributed by atoms with Crippen molar-refractivity contribution >= 4 is 39.5 Å². The van der Waals surface area contributed by atoms with E-state index in [9.17, 15) is 43.2 Å². The van der Waals surface area contributed by atoms with E-state index < -0.39 is 97.5 Å². The molecule has 19 heteroatoms.